The molecule has 2 aromatic rings. The Morgan fingerprint density at radius 1 is 0.846 bits per heavy atom. The van der Waals surface area contributed by atoms with E-state index in [1.54, 1.807) is 0 Å². The van der Waals surface area contributed by atoms with Crippen LogP contribution >= 0.6 is 7.60 Å². The third-order valence-corrected chi connectivity index (χ3v) is 8.11. The third kappa shape index (κ3) is 16.0. The summed E-state index contributed by atoms with van der Waals surface area (Å²) in [7, 11) is -4.10. The van der Waals surface area contributed by atoms with Crippen molar-refractivity contribution >= 4 is 18.4 Å². The first-order valence-electron chi connectivity index (χ1n) is 15.3. The van der Waals surface area contributed by atoms with E-state index in [0.29, 0.717) is 12.5 Å². The highest BCUT2D eigenvalue weighted by atomic mass is 31.2. The number of hydrogen-bond acceptors (Lipinski definition) is 3. The number of ether oxygens (including phenoxy) is 2. The molecule has 0 saturated heterocycles. The fraction of sp³-hybridized carbons (Fsp3) is 0.667. The zero-order chi connectivity index (χ0) is 28.3. The van der Waals surface area contributed by atoms with Crippen LogP contribution in [0.1, 0.15) is 115 Å². The van der Waals surface area contributed by atoms with Crippen molar-refractivity contribution in [2.45, 2.75) is 116 Å². The lowest BCUT2D eigenvalue weighted by molar-refractivity contribution is 0.0661. The van der Waals surface area contributed by atoms with Gasteiger partial charge in [-0.2, -0.15) is 0 Å². The fourth-order valence-corrected chi connectivity index (χ4v) is 5.75. The van der Waals surface area contributed by atoms with Gasteiger partial charge in [-0.1, -0.05) is 126 Å². The van der Waals surface area contributed by atoms with Gasteiger partial charge in [0.25, 0.3) is 0 Å². The number of rotatable bonds is 23. The summed E-state index contributed by atoms with van der Waals surface area (Å²) < 4.78 is 22.5. The second-order valence-corrected chi connectivity index (χ2v) is 13.0. The fourth-order valence-electron chi connectivity index (χ4n) is 5.31. The van der Waals surface area contributed by atoms with Crippen LogP contribution in [0.4, 0.5) is 0 Å². The molecule has 0 saturated carbocycles. The topological polar surface area (TPSA) is 76.0 Å². The minimum Gasteiger partial charge on any atom is -0.381 e. The second-order valence-electron chi connectivity index (χ2n) is 11.4. The SMILES string of the molecule is [CH2]C(COCCCCCCCC[C@@H](CCCCCCC)CC(C)OCP(=O)(O)O)c1ccc2ccccc2c1. The molecule has 6 heteroatoms. The van der Waals surface area contributed by atoms with E-state index in [-0.39, 0.29) is 12.0 Å². The van der Waals surface area contributed by atoms with Gasteiger partial charge in [0.15, 0.2) is 0 Å². The van der Waals surface area contributed by atoms with Crippen LogP contribution in [0.5, 0.6) is 0 Å². The summed E-state index contributed by atoms with van der Waals surface area (Å²) in [5, 5.41) is 2.51. The average Bonchev–Trinajstić information content (AvgIpc) is 2.91. The molecule has 0 bridgehead atoms. The van der Waals surface area contributed by atoms with Gasteiger partial charge in [-0.25, -0.2) is 0 Å². The molecule has 39 heavy (non-hydrogen) atoms. The lowest BCUT2D eigenvalue weighted by Gasteiger charge is -2.22. The third-order valence-electron chi connectivity index (χ3n) is 7.62. The Morgan fingerprint density at radius 2 is 1.46 bits per heavy atom. The molecule has 2 N–H and O–H groups in total. The van der Waals surface area contributed by atoms with Gasteiger partial charge in [-0.3, -0.25) is 4.57 Å². The van der Waals surface area contributed by atoms with E-state index in [1.165, 1.54) is 93.4 Å². The quantitative estimate of drug-likeness (QED) is 0.104. The molecule has 5 nitrogen and oxygen atoms in total. The zero-order valence-corrected chi connectivity index (χ0v) is 25.5. The number of fused-ring (bicyclic) bond motifs is 1. The summed E-state index contributed by atoms with van der Waals surface area (Å²) in [6, 6.07) is 15.0. The van der Waals surface area contributed by atoms with Gasteiger partial charge in [-0.15, -0.1) is 0 Å². The van der Waals surface area contributed by atoms with Crippen LogP contribution in [-0.4, -0.2) is 35.5 Å². The predicted octanol–water partition coefficient (Wildman–Crippen LogP) is 9.41. The molecule has 0 amide bonds. The van der Waals surface area contributed by atoms with E-state index >= 15 is 0 Å². The molecule has 1 radical (unpaired) electrons. The van der Waals surface area contributed by atoms with E-state index in [2.05, 4.69) is 56.3 Å². The number of unbranched alkanes of at least 4 members (excludes halogenated alkanes) is 9. The molecule has 0 fully saturated rings. The Bertz CT molecular complexity index is 943. The molecule has 2 rings (SSSR count). The Labute approximate surface area is 238 Å². The minimum atomic E-state index is -4.10. The lowest BCUT2D eigenvalue weighted by Crippen LogP contribution is -2.15. The van der Waals surface area contributed by atoms with Crippen molar-refractivity contribution in [1.29, 1.82) is 0 Å². The average molecular weight is 562 g/mol. The molecule has 0 aliphatic rings. The van der Waals surface area contributed by atoms with Gasteiger partial charge in [0.1, 0.15) is 6.35 Å². The van der Waals surface area contributed by atoms with Crippen LogP contribution in [0.25, 0.3) is 10.8 Å². The van der Waals surface area contributed by atoms with Gasteiger partial charge in [0, 0.05) is 12.5 Å². The van der Waals surface area contributed by atoms with Crippen molar-refractivity contribution < 1.29 is 23.8 Å². The first kappa shape index (κ1) is 34.0. The van der Waals surface area contributed by atoms with Crippen molar-refractivity contribution in [1.82, 2.24) is 0 Å². The van der Waals surface area contributed by atoms with E-state index in [1.807, 2.05) is 6.92 Å². The predicted molar refractivity (Wildman–Crippen MR) is 164 cm³/mol. The molecule has 221 valence electrons. The molecular weight excluding hydrogens is 507 g/mol. The standard InChI is InChI=1S/C33H54O5P/c1-4-5-6-9-12-17-30(24-29(3)38-27-39(34,35)36)18-13-10-7-8-11-16-23-37-26-28(2)32-22-21-31-19-14-15-20-33(31)25-32/h14-15,19-22,25,28-30H,2,4-13,16-18,23-24,26-27H2,1,3H3,(H2,34,35,36)/t28?,29?,30-/m1/s1. The van der Waals surface area contributed by atoms with Gasteiger partial charge < -0.3 is 19.3 Å². The second kappa shape index (κ2) is 19.8. The Balaban J connectivity index is 1.55. The van der Waals surface area contributed by atoms with Crippen molar-refractivity contribution in [3.05, 3.63) is 55.0 Å². The van der Waals surface area contributed by atoms with Gasteiger partial charge in [0.2, 0.25) is 0 Å². The molecule has 3 atom stereocenters. The van der Waals surface area contributed by atoms with Crippen molar-refractivity contribution in [2.75, 3.05) is 19.6 Å². The molecule has 2 aromatic carbocycles. The first-order chi connectivity index (χ1) is 18.8. The first-order valence-corrected chi connectivity index (χ1v) is 17.1. The molecule has 0 aromatic heterocycles. The number of hydrogen-bond donors (Lipinski definition) is 2. The summed E-state index contributed by atoms with van der Waals surface area (Å²) in [6.45, 7) is 9.94. The minimum absolute atomic E-state index is 0.113. The highest BCUT2D eigenvalue weighted by Gasteiger charge is 2.18. The summed E-state index contributed by atoms with van der Waals surface area (Å²) in [4.78, 5) is 18.2. The highest BCUT2D eigenvalue weighted by molar-refractivity contribution is 7.51. The van der Waals surface area contributed by atoms with Crippen molar-refractivity contribution in [3.63, 3.8) is 0 Å². The molecule has 0 aliphatic heterocycles. The molecular formula is C33H54O5P. The molecule has 0 heterocycles. The Kier molecular flexibility index (Phi) is 17.2. The highest BCUT2D eigenvalue weighted by Crippen LogP contribution is 2.35. The molecule has 0 aliphatic carbocycles. The van der Waals surface area contributed by atoms with Crippen molar-refractivity contribution in [3.8, 4) is 0 Å². The maximum atomic E-state index is 11.1. The summed E-state index contributed by atoms with van der Waals surface area (Å²) in [5.41, 5.74) is 1.23. The van der Waals surface area contributed by atoms with E-state index in [4.69, 9.17) is 19.3 Å². The van der Waals surface area contributed by atoms with E-state index < -0.39 is 13.9 Å². The van der Waals surface area contributed by atoms with E-state index in [0.717, 1.165) is 19.4 Å². The number of benzene rings is 2. The van der Waals surface area contributed by atoms with Gasteiger partial charge in [0.05, 0.1) is 12.7 Å². The van der Waals surface area contributed by atoms with Crippen molar-refractivity contribution in [2.24, 2.45) is 5.92 Å². The zero-order valence-electron chi connectivity index (χ0n) is 24.6. The molecule has 2 unspecified atom stereocenters. The lowest BCUT2D eigenvalue weighted by atomic mass is 9.90. The summed E-state index contributed by atoms with van der Waals surface area (Å²) in [5.74, 6) is 0.726. The summed E-state index contributed by atoms with van der Waals surface area (Å²) >= 11 is 0. The van der Waals surface area contributed by atoms with Crippen LogP contribution in [0, 0.1) is 12.8 Å². The maximum absolute atomic E-state index is 11.1. The monoisotopic (exact) mass is 561 g/mol. The van der Waals surface area contributed by atoms with Crippen LogP contribution in [0.2, 0.25) is 0 Å². The Hall–Kier alpha value is -1.23. The van der Waals surface area contributed by atoms with Crippen LogP contribution < -0.4 is 0 Å². The van der Waals surface area contributed by atoms with Crippen LogP contribution in [0.15, 0.2) is 42.5 Å². The maximum Gasteiger partial charge on any atom is 0.350 e. The van der Waals surface area contributed by atoms with Crippen LogP contribution in [0.3, 0.4) is 0 Å². The normalized spacial score (nSPS) is 14.5. The van der Waals surface area contributed by atoms with Crippen LogP contribution in [-0.2, 0) is 14.0 Å². The largest absolute Gasteiger partial charge is 0.381 e. The van der Waals surface area contributed by atoms with Gasteiger partial charge >= 0.3 is 7.60 Å². The van der Waals surface area contributed by atoms with E-state index in [9.17, 15) is 4.57 Å². The molecule has 0 spiro atoms. The summed E-state index contributed by atoms with van der Waals surface area (Å²) in [6.07, 6.45) is 16.3. The Morgan fingerprint density at radius 3 is 2.13 bits per heavy atom. The van der Waals surface area contributed by atoms with Gasteiger partial charge in [-0.05, 0) is 48.9 Å². The smallest absolute Gasteiger partial charge is 0.350 e.